The molecule has 96 valence electrons. The van der Waals surface area contributed by atoms with Crippen molar-refractivity contribution in [2.75, 3.05) is 13.2 Å². The minimum absolute atomic E-state index is 0.0889. The van der Waals surface area contributed by atoms with E-state index in [4.69, 9.17) is 16.3 Å². The molecule has 17 heavy (non-hydrogen) atoms. The van der Waals surface area contributed by atoms with E-state index in [0.717, 1.165) is 6.54 Å². The van der Waals surface area contributed by atoms with Crippen LogP contribution in [-0.2, 0) is 0 Å². The molecule has 1 unspecified atom stereocenters. The van der Waals surface area contributed by atoms with Crippen LogP contribution < -0.4 is 10.1 Å². The second-order valence-electron chi connectivity index (χ2n) is 4.41. The smallest absolute Gasteiger partial charge is 0.142 e. The highest BCUT2D eigenvalue weighted by Gasteiger charge is 2.05. The summed E-state index contributed by atoms with van der Waals surface area (Å²) in [4.78, 5) is 0. The van der Waals surface area contributed by atoms with Gasteiger partial charge in [0.1, 0.15) is 18.2 Å². The highest BCUT2D eigenvalue weighted by molar-refractivity contribution is 6.30. The molecule has 1 aromatic rings. The van der Waals surface area contributed by atoms with E-state index in [2.05, 4.69) is 26.1 Å². The first-order chi connectivity index (χ1) is 8.00. The minimum Gasteiger partial charge on any atom is -0.492 e. The van der Waals surface area contributed by atoms with Gasteiger partial charge in [-0.15, -0.1) is 0 Å². The quantitative estimate of drug-likeness (QED) is 0.790. The van der Waals surface area contributed by atoms with Crippen molar-refractivity contribution < 1.29 is 9.13 Å². The van der Waals surface area contributed by atoms with Crippen molar-refractivity contribution in [3.8, 4) is 5.75 Å². The summed E-state index contributed by atoms with van der Waals surface area (Å²) in [6.07, 6.45) is 0. The van der Waals surface area contributed by atoms with Gasteiger partial charge in [0, 0.05) is 18.7 Å². The van der Waals surface area contributed by atoms with Crippen molar-refractivity contribution in [2.45, 2.75) is 26.8 Å². The Labute approximate surface area is 107 Å². The van der Waals surface area contributed by atoms with E-state index in [1.807, 2.05) is 0 Å². The third-order valence-electron chi connectivity index (χ3n) is 2.73. The third-order valence-corrected chi connectivity index (χ3v) is 3.02. The summed E-state index contributed by atoms with van der Waals surface area (Å²) in [7, 11) is 0. The normalized spacial score (nSPS) is 12.8. The molecular weight excluding hydrogens is 241 g/mol. The number of hydrogen-bond donors (Lipinski definition) is 1. The van der Waals surface area contributed by atoms with Gasteiger partial charge in [0.15, 0.2) is 0 Å². The number of benzene rings is 1. The van der Waals surface area contributed by atoms with Crippen molar-refractivity contribution in [1.82, 2.24) is 5.32 Å². The number of rotatable bonds is 6. The van der Waals surface area contributed by atoms with Crippen LogP contribution in [0, 0.1) is 11.7 Å². The first-order valence-corrected chi connectivity index (χ1v) is 6.19. The van der Waals surface area contributed by atoms with Crippen molar-refractivity contribution in [2.24, 2.45) is 5.92 Å². The maximum absolute atomic E-state index is 12.9. The second kappa shape index (κ2) is 6.82. The Hall–Kier alpha value is -0.800. The van der Waals surface area contributed by atoms with Crippen LogP contribution in [0.3, 0.4) is 0 Å². The number of ether oxygens (including phenoxy) is 1. The minimum atomic E-state index is -0.425. The van der Waals surface area contributed by atoms with Gasteiger partial charge < -0.3 is 10.1 Å². The highest BCUT2D eigenvalue weighted by Crippen LogP contribution is 2.20. The summed E-state index contributed by atoms with van der Waals surface area (Å²) in [5.41, 5.74) is 0. The maximum atomic E-state index is 12.9. The predicted octanol–water partition coefficient (Wildman–Crippen LogP) is 3.49. The molecule has 0 aromatic heterocycles. The van der Waals surface area contributed by atoms with Crippen LogP contribution in [0.25, 0.3) is 0 Å². The molecule has 1 N–H and O–H groups in total. The molecule has 0 bridgehead atoms. The zero-order valence-corrected chi connectivity index (χ0v) is 11.2. The van der Waals surface area contributed by atoms with Crippen LogP contribution in [0.2, 0.25) is 5.02 Å². The van der Waals surface area contributed by atoms with Gasteiger partial charge in [0.2, 0.25) is 0 Å². The van der Waals surface area contributed by atoms with Gasteiger partial charge in [-0.05, 0) is 25.0 Å². The molecule has 0 radical (unpaired) electrons. The molecule has 0 saturated heterocycles. The van der Waals surface area contributed by atoms with E-state index in [1.54, 1.807) is 6.07 Å². The SMILES string of the molecule is CC(C)C(C)NCCOc1ccc(F)c(Cl)c1. The highest BCUT2D eigenvalue weighted by atomic mass is 35.5. The third kappa shape index (κ3) is 4.92. The van der Waals surface area contributed by atoms with Gasteiger partial charge in [0.05, 0.1) is 5.02 Å². The molecule has 0 saturated carbocycles. The standard InChI is InChI=1S/C13H19ClFNO/c1-9(2)10(3)16-6-7-17-11-4-5-13(15)12(14)8-11/h4-5,8-10,16H,6-7H2,1-3H3. The zero-order chi connectivity index (χ0) is 12.8. The van der Waals surface area contributed by atoms with Gasteiger partial charge in [-0.2, -0.15) is 0 Å². The molecule has 0 heterocycles. The van der Waals surface area contributed by atoms with Crippen LogP contribution in [-0.4, -0.2) is 19.2 Å². The summed E-state index contributed by atoms with van der Waals surface area (Å²) >= 11 is 5.65. The van der Waals surface area contributed by atoms with E-state index in [1.165, 1.54) is 12.1 Å². The Bertz CT molecular complexity index is 357. The average molecular weight is 260 g/mol. The van der Waals surface area contributed by atoms with Crippen LogP contribution in [0.5, 0.6) is 5.75 Å². The molecule has 2 nitrogen and oxygen atoms in total. The summed E-state index contributed by atoms with van der Waals surface area (Å²) in [5, 5.41) is 3.44. The van der Waals surface area contributed by atoms with Gasteiger partial charge >= 0.3 is 0 Å². The Balaban J connectivity index is 2.29. The molecule has 0 aliphatic heterocycles. The van der Waals surface area contributed by atoms with Crippen molar-refractivity contribution in [3.05, 3.63) is 29.0 Å². The largest absolute Gasteiger partial charge is 0.492 e. The summed E-state index contributed by atoms with van der Waals surface area (Å²) in [6.45, 7) is 7.77. The Kier molecular flexibility index (Phi) is 5.72. The summed E-state index contributed by atoms with van der Waals surface area (Å²) in [5.74, 6) is 0.760. The molecule has 1 rings (SSSR count). The average Bonchev–Trinajstić information content (AvgIpc) is 2.28. The van der Waals surface area contributed by atoms with Gasteiger partial charge in [-0.25, -0.2) is 4.39 Å². The Morgan fingerprint density at radius 3 is 2.65 bits per heavy atom. The summed E-state index contributed by atoms with van der Waals surface area (Å²) < 4.78 is 18.3. The molecule has 0 aliphatic carbocycles. The van der Waals surface area contributed by atoms with Crippen LogP contribution in [0.4, 0.5) is 4.39 Å². The molecule has 4 heteroatoms. The fourth-order valence-electron chi connectivity index (χ4n) is 1.26. The Morgan fingerprint density at radius 1 is 1.35 bits per heavy atom. The maximum Gasteiger partial charge on any atom is 0.142 e. The van der Waals surface area contributed by atoms with Crippen molar-refractivity contribution >= 4 is 11.6 Å². The molecule has 0 aliphatic rings. The molecule has 1 atom stereocenters. The van der Waals surface area contributed by atoms with Crippen LogP contribution in [0.1, 0.15) is 20.8 Å². The first-order valence-electron chi connectivity index (χ1n) is 5.82. The van der Waals surface area contributed by atoms with E-state index in [-0.39, 0.29) is 5.02 Å². The molecule has 1 aromatic carbocycles. The van der Waals surface area contributed by atoms with E-state index < -0.39 is 5.82 Å². The topological polar surface area (TPSA) is 21.3 Å². The molecule has 0 spiro atoms. The summed E-state index contributed by atoms with van der Waals surface area (Å²) in [6, 6.07) is 4.83. The zero-order valence-electron chi connectivity index (χ0n) is 10.5. The fraction of sp³-hybridized carbons (Fsp3) is 0.538. The lowest BCUT2D eigenvalue weighted by Crippen LogP contribution is -2.33. The molecule has 0 amide bonds. The first kappa shape index (κ1) is 14.3. The lowest BCUT2D eigenvalue weighted by Gasteiger charge is -2.17. The lowest BCUT2D eigenvalue weighted by molar-refractivity contribution is 0.296. The molecular formula is C13H19ClFNO. The molecule has 0 fully saturated rings. The van der Waals surface area contributed by atoms with Crippen molar-refractivity contribution in [3.63, 3.8) is 0 Å². The fourth-order valence-corrected chi connectivity index (χ4v) is 1.43. The number of hydrogen-bond acceptors (Lipinski definition) is 2. The lowest BCUT2D eigenvalue weighted by atomic mass is 10.1. The van der Waals surface area contributed by atoms with Gasteiger partial charge in [-0.1, -0.05) is 25.4 Å². The van der Waals surface area contributed by atoms with E-state index in [0.29, 0.717) is 24.3 Å². The number of nitrogens with one attached hydrogen (secondary N) is 1. The Morgan fingerprint density at radius 2 is 2.06 bits per heavy atom. The van der Waals surface area contributed by atoms with Gasteiger partial charge in [-0.3, -0.25) is 0 Å². The van der Waals surface area contributed by atoms with Crippen LogP contribution >= 0.6 is 11.6 Å². The van der Waals surface area contributed by atoms with Crippen molar-refractivity contribution in [1.29, 1.82) is 0 Å². The van der Waals surface area contributed by atoms with Gasteiger partial charge in [0.25, 0.3) is 0 Å². The monoisotopic (exact) mass is 259 g/mol. The predicted molar refractivity (Wildman–Crippen MR) is 69.2 cm³/mol. The number of halogens is 2. The van der Waals surface area contributed by atoms with E-state index >= 15 is 0 Å². The second-order valence-corrected chi connectivity index (χ2v) is 4.82. The van der Waals surface area contributed by atoms with E-state index in [9.17, 15) is 4.39 Å². The van der Waals surface area contributed by atoms with Crippen LogP contribution in [0.15, 0.2) is 18.2 Å².